The van der Waals surface area contributed by atoms with E-state index >= 15 is 0 Å². The molecular weight excluding hydrogens is 494 g/mol. The molecule has 1 aromatic rings. The van der Waals surface area contributed by atoms with Crippen molar-refractivity contribution >= 4 is 5.91 Å². The minimum absolute atomic E-state index is 0.189. The minimum atomic E-state index is -0.972. The Hall–Kier alpha value is -1.99. The highest BCUT2D eigenvalue weighted by Crippen LogP contribution is 2.65. The van der Waals surface area contributed by atoms with Crippen LogP contribution in [0.2, 0.25) is 0 Å². The van der Waals surface area contributed by atoms with E-state index in [2.05, 4.69) is 25.8 Å². The van der Waals surface area contributed by atoms with Gasteiger partial charge in [0.15, 0.2) is 0 Å². The molecule has 4 rings (SSSR count). The van der Waals surface area contributed by atoms with Gasteiger partial charge in [-0.2, -0.15) is 0 Å². The predicted molar refractivity (Wildman–Crippen MR) is 164 cm³/mol. The van der Waals surface area contributed by atoms with Crippen molar-refractivity contribution < 1.29 is 15.0 Å². The molecule has 4 heteroatoms. The Labute approximate surface area is 244 Å². The van der Waals surface area contributed by atoms with Crippen LogP contribution in [0.25, 0.3) is 0 Å². The molecule has 222 valence electrons. The second-order valence-corrected chi connectivity index (χ2v) is 13.7. The lowest BCUT2D eigenvalue weighted by Crippen LogP contribution is -2.52. The first kappa shape index (κ1) is 31.0. The number of aromatic hydroxyl groups is 1. The summed E-state index contributed by atoms with van der Waals surface area (Å²) in [5.74, 6) is 5.66. The maximum atomic E-state index is 12.2. The molecule has 1 amide bonds. The Balaban J connectivity index is 1.23. The first-order valence-electron chi connectivity index (χ1n) is 16.5. The molecule has 2 saturated carbocycles. The standard InChI is InChI=1S/C36H55NO3/c1-5-7-24-37(4)33(39)17-15-13-11-9-8-10-12-14-16-27-25-28-26-29(38)18-19-30(28)31-20-22-35(3)32(34(27)31)21-23-36(35,40)6-2/h2,18-19,26-27,31-32,34,38,40H,5,7-17,20-25H2,1,3-4H3/t27-,31?,32?,34?,35+,36+/m1/s1. The summed E-state index contributed by atoms with van der Waals surface area (Å²) in [5.41, 5.74) is 1.62. The molecule has 0 radical (unpaired) electrons. The van der Waals surface area contributed by atoms with Crippen molar-refractivity contribution in [1.82, 2.24) is 4.90 Å². The number of carbonyl (C=O) groups excluding carboxylic acids is 1. The van der Waals surface area contributed by atoms with Crippen LogP contribution in [0, 0.1) is 35.5 Å². The molecule has 0 saturated heterocycles. The van der Waals surface area contributed by atoms with Gasteiger partial charge in [0.25, 0.3) is 0 Å². The summed E-state index contributed by atoms with van der Waals surface area (Å²) in [6, 6.07) is 6.04. The molecular formula is C36H55NO3. The van der Waals surface area contributed by atoms with E-state index in [0.29, 0.717) is 41.7 Å². The fourth-order valence-electron chi connectivity index (χ4n) is 8.77. The van der Waals surface area contributed by atoms with Crippen molar-refractivity contribution in [2.75, 3.05) is 13.6 Å². The molecule has 2 fully saturated rings. The lowest BCUT2D eigenvalue weighted by atomic mass is 9.50. The average Bonchev–Trinajstić information content (AvgIpc) is 3.22. The molecule has 0 spiro atoms. The van der Waals surface area contributed by atoms with Gasteiger partial charge in [-0.3, -0.25) is 4.79 Å². The molecule has 3 aliphatic rings. The van der Waals surface area contributed by atoms with Crippen molar-refractivity contribution in [3.8, 4) is 18.1 Å². The van der Waals surface area contributed by atoms with Gasteiger partial charge in [-0.1, -0.05) is 77.2 Å². The zero-order valence-corrected chi connectivity index (χ0v) is 25.6. The number of rotatable bonds is 14. The fourth-order valence-corrected chi connectivity index (χ4v) is 8.77. The van der Waals surface area contributed by atoms with Crippen molar-refractivity contribution in [3.05, 3.63) is 29.3 Å². The van der Waals surface area contributed by atoms with Crippen LogP contribution in [-0.4, -0.2) is 40.2 Å². The number of carbonyl (C=O) groups is 1. The SMILES string of the molecule is C#C[C@]1(O)CCC2C3C(CC[C@@]21C)c1ccc(O)cc1C[C@H]3CCCCCCCCCCC(=O)N(C)CCCC. The van der Waals surface area contributed by atoms with Gasteiger partial charge in [-0.05, 0) is 98.3 Å². The van der Waals surface area contributed by atoms with E-state index in [-0.39, 0.29) is 5.41 Å². The molecule has 4 nitrogen and oxygen atoms in total. The Morgan fingerprint density at radius 1 is 1.05 bits per heavy atom. The van der Waals surface area contributed by atoms with E-state index in [9.17, 15) is 15.0 Å². The second-order valence-electron chi connectivity index (χ2n) is 13.7. The Bertz CT molecular complexity index is 1030. The Morgan fingerprint density at radius 2 is 1.75 bits per heavy atom. The Kier molecular flexibility index (Phi) is 10.7. The maximum Gasteiger partial charge on any atom is 0.222 e. The zero-order valence-electron chi connectivity index (χ0n) is 25.6. The van der Waals surface area contributed by atoms with E-state index in [4.69, 9.17) is 6.42 Å². The number of fused-ring (bicyclic) bond motifs is 5. The van der Waals surface area contributed by atoms with Gasteiger partial charge in [0.2, 0.25) is 5.91 Å². The first-order chi connectivity index (χ1) is 19.2. The molecule has 1 aromatic carbocycles. The van der Waals surface area contributed by atoms with E-state index < -0.39 is 5.60 Å². The number of nitrogens with zero attached hydrogens (tertiary/aromatic N) is 1. The molecule has 2 N–H and O–H groups in total. The number of unbranched alkanes of at least 4 members (excludes halogenated alkanes) is 8. The molecule has 0 aliphatic heterocycles. The highest BCUT2D eigenvalue weighted by Gasteiger charge is 2.62. The van der Waals surface area contributed by atoms with Crippen LogP contribution in [0.5, 0.6) is 5.75 Å². The quantitative estimate of drug-likeness (QED) is 0.183. The van der Waals surface area contributed by atoms with Gasteiger partial charge in [0.1, 0.15) is 11.4 Å². The van der Waals surface area contributed by atoms with E-state index in [1.165, 1.54) is 56.1 Å². The summed E-state index contributed by atoms with van der Waals surface area (Å²) in [7, 11) is 1.94. The molecule has 0 heterocycles. The number of amides is 1. The number of aliphatic hydroxyl groups is 1. The molecule has 0 bridgehead atoms. The average molecular weight is 550 g/mol. The third-order valence-electron chi connectivity index (χ3n) is 11.3. The van der Waals surface area contributed by atoms with E-state index in [1.807, 2.05) is 24.1 Å². The number of benzene rings is 1. The molecule has 3 aliphatic carbocycles. The smallest absolute Gasteiger partial charge is 0.222 e. The summed E-state index contributed by atoms with van der Waals surface area (Å²) in [5, 5.41) is 21.6. The van der Waals surface area contributed by atoms with Crippen molar-refractivity contribution in [2.24, 2.45) is 23.2 Å². The van der Waals surface area contributed by atoms with Gasteiger partial charge in [0.05, 0.1) is 0 Å². The van der Waals surface area contributed by atoms with Crippen molar-refractivity contribution in [2.45, 2.75) is 135 Å². The van der Waals surface area contributed by atoms with E-state index in [0.717, 1.165) is 64.3 Å². The third-order valence-corrected chi connectivity index (χ3v) is 11.3. The number of terminal acetylenes is 1. The van der Waals surface area contributed by atoms with Crippen LogP contribution >= 0.6 is 0 Å². The van der Waals surface area contributed by atoms with Gasteiger partial charge in [-0.15, -0.1) is 6.42 Å². The second kappa shape index (κ2) is 13.8. The van der Waals surface area contributed by atoms with Crippen molar-refractivity contribution in [3.63, 3.8) is 0 Å². The van der Waals surface area contributed by atoms with Gasteiger partial charge in [-0.25, -0.2) is 0 Å². The maximum absolute atomic E-state index is 12.2. The number of phenols is 1. The van der Waals surface area contributed by atoms with Crippen LogP contribution in [0.4, 0.5) is 0 Å². The number of phenolic OH excluding ortho intramolecular Hbond substituents is 1. The summed E-state index contributed by atoms with van der Waals surface area (Å²) < 4.78 is 0. The third kappa shape index (κ3) is 6.56. The van der Waals surface area contributed by atoms with Crippen LogP contribution in [-0.2, 0) is 11.2 Å². The molecule has 40 heavy (non-hydrogen) atoms. The topological polar surface area (TPSA) is 60.8 Å². The van der Waals surface area contributed by atoms with Gasteiger partial charge in [0, 0.05) is 25.4 Å². The minimum Gasteiger partial charge on any atom is -0.508 e. The zero-order chi connectivity index (χ0) is 28.8. The van der Waals surface area contributed by atoms with E-state index in [1.54, 1.807) is 0 Å². The molecule has 0 aromatic heterocycles. The highest BCUT2D eigenvalue weighted by molar-refractivity contribution is 5.75. The normalized spacial score (nSPS) is 30.7. The van der Waals surface area contributed by atoms with Gasteiger partial charge < -0.3 is 15.1 Å². The summed E-state index contributed by atoms with van der Waals surface area (Å²) in [6.45, 7) is 5.32. The predicted octanol–water partition coefficient (Wildman–Crippen LogP) is 8.00. The number of hydrogen-bond donors (Lipinski definition) is 2. The number of hydrogen-bond acceptors (Lipinski definition) is 3. The highest BCUT2D eigenvalue weighted by atomic mass is 16.3. The van der Waals surface area contributed by atoms with Crippen molar-refractivity contribution in [1.29, 1.82) is 0 Å². The monoisotopic (exact) mass is 549 g/mol. The van der Waals surface area contributed by atoms with Crippen LogP contribution in [0.1, 0.15) is 134 Å². The fraction of sp³-hybridized carbons (Fsp3) is 0.750. The summed E-state index contributed by atoms with van der Waals surface area (Å²) in [4.78, 5) is 14.1. The van der Waals surface area contributed by atoms with Crippen LogP contribution in [0.15, 0.2) is 18.2 Å². The largest absolute Gasteiger partial charge is 0.508 e. The summed E-state index contributed by atoms with van der Waals surface area (Å²) in [6.07, 6.45) is 24.7. The molecule has 6 atom stereocenters. The summed E-state index contributed by atoms with van der Waals surface area (Å²) >= 11 is 0. The van der Waals surface area contributed by atoms with Crippen LogP contribution in [0.3, 0.4) is 0 Å². The van der Waals surface area contributed by atoms with Gasteiger partial charge >= 0.3 is 0 Å². The van der Waals surface area contributed by atoms with Crippen LogP contribution < -0.4 is 0 Å². The molecule has 3 unspecified atom stereocenters. The first-order valence-corrected chi connectivity index (χ1v) is 16.5. The Morgan fingerprint density at radius 3 is 2.45 bits per heavy atom. The lowest BCUT2D eigenvalue weighted by molar-refractivity contribution is -0.130. The lowest BCUT2D eigenvalue weighted by Gasteiger charge is -2.54.